The van der Waals surface area contributed by atoms with Gasteiger partial charge in [-0.3, -0.25) is 0 Å². The lowest BCUT2D eigenvalue weighted by molar-refractivity contribution is 0.0474. The fraction of sp³-hybridized carbons (Fsp3) is 0.267. The van der Waals surface area contributed by atoms with Crippen LogP contribution in [0.4, 0.5) is 4.39 Å². The number of pyridine rings is 1. The average Bonchev–Trinajstić information content (AvgIpc) is 2.46. The second kappa shape index (κ2) is 6.30. The van der Waals surface area contributed by atoms with E-state index in [2.05, 4.69) is 4.98 Å². The van der Waals surface area contributed by atoms with Crippen molar-refractivity contribution in [2.45, 2.75) is 13.8 Å². The molecule has 0 aliphatic carbocycles. The molecule has 0 amide bonds. The zero-order valence-electron chi connectivity index (χ0n) is 11.7. The van der Waals surface area contributed by atoms with Crippen molar-refractivity contribution in [2.24, 2.45) is 0 Å². The van der Waals surface area contributed by atoms with Crippen molar-refractivity contribution in [3.63, 3.8) is 0 Å². The number of rotatable bonds is 4. The number of carbonyl (C=O) groups excluding carboxylic acids is 2. The van der Waals surface area contributed by atoms with E-state index < -0.39 is 17.8 Å². The van der Waals surface area contributed by atoms with Crippen LogP contribution in [0, 0.1) is 5.82 Å². The van der Waals surface area contributed by atoms with Gasteiger partial charge in [0.25, 0.3) is 0 Å². The third-order valence-electron chi connectivity index (χ3n) is 2.74. The molecule has 0 fully saturated rings. The molecule has 0 aliphatic rings. The summed E-state index contributed by atoms with van der Waals surface area (Å²) in [5, 5.41) is 0.535. The molecule has 2 aromatic rings. The van der Waals surface area contributed by atoms with Crippen LogP contribution in [0.15, 0.2) is 24.3 Å². The van der Waals surface area contributed by atoms with Gasteiger partial charge in [-0.15, -0.1) is 0 Å². The van der Waals surface area contributed by atoms with Crippen LogP contribution in [0.2, 0.25) is 0 Å². The number of ether oxygens (including phenoxy) is 2. The Morgan fingerprint density at radius 1 is 1.10 bits per heavy atom. The Labute approximate surface area is 120 Å². The number of benzene rings is 1. The molecule has 21 heavy (non-hydrogen) atoms. The van der Waals surface area contributed by atoms with Crippen molar-refractivity contribution in [3.8, 4) is 0 Å². The van der Waals surface area contributed by atoms with Crippen LogP contribution >= 0.6 is 0 Å². The first-order chi connectivity index (χ1) is 10.1. The van der Waals surface area contributed by atoms with Gasteiger partial charge in [0, 0.05) is 11.5 Å². The maximum absolute atomic E-state index is 13.2. The quantitative estimate of drug-likeness (QED) is 0.810. The lowest BCUT2D eigenvalue weighted by Gasteiger charge is -2.09. The molecule has 0 atom stereocenters. The van der Waals surface area contributed by atoms with Gasteiger partial charge in [0.1, 0.15) is 5.82 Å². The predicted octanol–water partition coefficient (Wildman–Crippen LogP) is 2.73. The van der Waals surface area contributed by atoms with Crippen molar-refractivity contribution in [2.75, 3.05) is 13.2 Å². The van der Waals surface area contributed by atoms with Crippen LogP contribution in [0.1, 0.15) is 34.7 Å². The van der Waals surface area contributed by atoms with Crippen molar-refractivity contribution < 1.29 is 23.5 Å². The third kappa shape index (κ3) is 3.16. The largest absolute Gasteiger partial charge is 0.462 e. The van der Waals surface area contributed by atoms with Crippen LogP contribution < -0.4 is 0 Å². The van der Waals surface area contributed by atoms with Crippen LogP contribution in [-0.2, 0) is 9.47 Å². The first kappa shape index (κ1) is 14.9. The van der Waals surface area contributed by atoms with E-state index in [1.54, 1.807) is 13.8 Å². The zero-order valence-corrected chi connectivity index (χ0v) is 11.7. The number of halogens is 1. The van der Waals surface area contributed by atoms with Crippen LogP contribution in [0.5, 0.6) is 0 Å². The van der Waals surface area contributed by atoms with Crippen molar-refractivity contribution >= 4 is 22.8 Å². The maximum atomic E-state index is 13.2. The number of aromatic nitrogens is 1. The fourth-order valence-electron chi connectivity index (χ4n) is 1.86. The summed E-state index contributed by atoms with van der Waals surface area (Å²) in [5.41, 5.74) is 0.105. The number of hydrogen-bond donors (Lipinski definition) is 0. The van der Waals surface area contributed by atoms with E-state index in [0.29, 0.717) is 5.39 Å². The van der Waals surface area contributed by atoms with Crippen LogP contribution in [-0.4, -0.2) is 30.1 Å². The van der Waals surface area contributed by atoms with Gasteiger partial charge < -0.3 is 9.47 Å². The molecule has 1 aromatic heterocycles. The Balaban J connectivity index is 2.62. The molecular formula is C15H14FNO4. The summed E-state index contributed by atoms with van der Waals surface area (Å²) < 4.78 is 23.0. The predicted molar refractivity (Wildman–Crippen MR) is 73.6 cm³/mol. The number of hydrogen-bond acceptors (Lipinski definition) is 5. The lowest BCUT2D eigenvalue weighted by atomic mass is 10.1. The molecule has 110 valence electrons. The highest BCUT2D eigenvalue weighted by atomic mass is 19.1. The molecule has 0 radical (unpaired) electrons. The topological polar surface area (TPSA) is 65.5 Å². The van der Waals surface area contributed by atoms with Gasteiger partial charge in [0.2, 0.25) is 0 Å². The summed E-state index contributed by atoms with van der Waals surface area (Å²) in [4.78, 5) is 27.9. The Morgan fingerprint density at radius 3 is 2.43 bits per heavy atom. The molecule has 0 spiro atoms. The Morgan fingerprint density at radius 2 is 1.76 bits per heavy atom. The second-order valence-corrected chi connectivity index (χ2v) is 4.16. The molecule has 0 saturated heterocycles. The van der Waals surface area contributed by atoms with Gasteiger partial charge in [0.05, 0.1) is 24.3 Å². The summed E-state index contributed by atoms with van der Waals surface area (Å²) in [6, 6.07) is 5.37. The highest BCUT2D eigenvalue weighted by Gasteiger charge is 2.22. The van der Waals surface area contributed by atoms with Gasteiger partial charge in [-0.25, -0.2) is 19.0 Å². The normalized spacial score (nSPS) is 10.4. The molecule has 6 heteroatoms. The van der Waals surface area contributed by atoms with E-state index in [1.165, 1.54) is 24.3 Å². The molecular weight excluding hydrogens is 277 g/mol. The Bertz CT molecular complexity index is 699. The van der Waals surface area contributed by atoms with Gasteiger partial charge in [-0.05, 0) is 32.0 Å². The third-order valence-corrected chi connectivity index (χ3v) is 2.74. The molecule has 5 nitrogen and oxygen atoms in total. The molecule has 0 aliphatic heterocycles. The molecule has 1 heterocycles. The maximum Gasteiger partial charge on any atom is 0.357 e. The molecule has 2 rings (SSSR count). The molecule has 0 saturated carbocycles. The highest BCUT2D eigenvalue weighted by Crippen LogP contribution is 2.19. The number of carbonyl (C=O) groups is 2. The smallest absolute Gasteiger partial charge is 0.357 e. The van der Waals surface area contributed by atoms with Gasteiger partial charge in [-0.1, -0.05) is 0 Å². The molecule has 0 bridgehead atoms. The fourth-order valence-corrected chi connectivity index (χ4v) is 1.86. The summed E-state index contributed by atoms with van der Waals surface area (Å²) in [6.45, 7) is 3.61. The number of nitrogens with zero attached hydrogens (tertiary/aromatic N) is 1. The second-order valence-electron chi connectivity index (χ2n) is 4.16. The molecule has 0 unspecified atom stereocenters. The first-order valence-corrected chi connectivity index (χ1v) is 6.51. The van der Waals surface area contributed by atoms with E-state index in [9.17, 15) is 14.0 Å². The Hall–Kier alpha value is -2.50. The summed E-state index contributed by atoms with van der Waals surface area (Å²) in [7, 11) is 0. The average molecular weight is 291 g/mol. The van der Waals surface area contributed by atoms with Crippen molar-refractivity contribution in [1.82, 2.24) is 4.98 Å². The minimum Gasteiger partial charge on any atom is -0.462 e. The van der Waals surface area contributed by atoms with Crippen molar-refractivity contribution in [1.29, 1.82) is 0 Å². The van der Waals surface area contributed by atoms with E-state index in [1.807, 2.05) is 0 Å². The lowest BCUT2D eigenvalue weighted by Crippen LogP contribution is -2.16. The van der Waals surface area contributed by atoms with E-state index in [0.717, 1.165) is 0 Å². The van der Waals surface area contributed by atoms with Crippen LogP contribution in [0.25, 0.3) is 10.9 Å². The minimum atomic E-state index is -0.744. The Kier molecular flexibility index (Phi) is 4.47. The SMILES string of the molecule is CCOC(=O)c1cc2ccc(F)cc2nc1C(=O)OCC. The summed E-state index contributed by atoms with van der Waals surface area (Å²) in [6.07, 6.45) is 0. The van der Waals surface area contributed by atoms with Crippen LogP contribution in [0.3, 0.4) is 0 Å². The highest BCUT2D eigenvalue weighted by molar-refractivity contribution is 6.04. The monoisotopic (exact) mass is 291 g/mol. The number of fused-ring (bicyclic) bond motifs is 1. The zero-order chi connectivity index (χ0) is 15.4. The molecule has 1 aromatic carbocycles. The van der Waals surface area contributed by atoms with Gasteiger partial charge in [0.15, 0.2) is 5.69 Å². The summed E-state index contributed by atoms with van der Waals surface area (Å²) >= 11 is 0. The van der Waals surface area contributed by atoms with Gasteiger partial charge >= 0.3 is 11.9 Å². The summed E-state index contributed by atoms with van der Waals surface area (Å²) in [5.74, 6) is -1.89. The standard InChI is InChI=1S/C15H14FNO4/c1-3-20-14(18)11-7-9-5-6-10(16)8-12(9)17-13(11)15(19)21-4-2/h5-8H,3-4H2,1-2H3. The first-order valence-electron chi connectivity index (χ1n) is 6.51. The van der Waals surface area contributed by atoms with Gasteiger partial charge in [-0.2, -0.15) is 0 Å². The molecule has 0 N–H and O–H groups in total. The van der Waals surface area contributed by atoms with Crippen molar-refractivity contribution in [3.05, 3.63) is 41.3 Å². The number of esters is 2. The van der Waals surface area contributed by atoms with E-state index in [-0.39, 0.29) is 30.0 Å². The van der Waals surface area contributed by atoms with E-state index >= 15 is 0 Å². The van der Waals surface area contributed by atoms with E-state index in [4.69, 9.17) is 9.47 Å². The minimum absolute atomic E-state index is 0.00871.